The highest BCUT2D eigenvalue weighted by atomic mass is 16.5. The smallest absolute Gasteiger partial charge is 0.254 e. The highest BCUT2D eigenvalue weighted by molar-refractivity contribution is 5.95. The van der Waals surface area contributed by atoms with Crippen molar-refractivity contribution in [3.8, 4) is 5.75 Å². The number of likely N-dealkylation sites (tertiary alicyclic amines) is 1. The van der Waals surface area contributed by atoms with Crippen LogP contribution in [0.15, 0.2) is 48.8 Å². The lowest BCUT2D eigenvalue weighted by atomic mass is 10.1. The second kappa shape index (κ2) is 6.69. The molecule has 1 saturated heterocycles. The molecule has 23 heavy (non-hydrogen) atoms. The molecular weight excluding hydrogens is 290 g/mol. The number of benzene rings is 1. The minimum atomic E-state index is 0.0402. The number of carbonyl (C=O) groups is 1. The van der Waals surface area contributed by atoms with Gasteiger partial charge in [0.05, 0.1) is 6.54 Å². The Hall–Kier alpha value is -2.56. The van der Waals surface area contributed by atoms with E-state index in [9.17, 15) is 4.79 Å². The van der Waals surface area contributed by atoms with Gasteiger partial charge in [0.15, 0.2) is 0 Å². The van der Waals surface area contributed by atoms with Gasteiger partial charge in [-0.05, 0) is 30.3 Å². The van der Waals surface area contributed by atoms with Crippen molar-refractivity contribution in [2.24, 2.45) is 0 Å². The zero-order chi connectivity index (χ0) is 16.2. The summed E-state index contributed by atoms with van der Waals surface area (Å²) in [4.78, 5) is 20.5. The number of amides is 1. The molecule has 0 N–H and O–H groups in total. The van der Waals surface area contributed by atoms with Gasteiger partial charge in [-0.25, -0.2) is 0 Å². The van der Waals surface area contributed by atoms with E-state index in [1.807, 2.05) is 60.3 Å². The van der Waals surface area contributed by atoms with E-state index in [0.29, 0.717) is 6.54 Å². The fourth-order valence-electron chi connectivity index (χ4n) is 2.72. The molecule has 1 aromatic carbocycles. The molecule has 2 heterocycles. The van der Waals surface area contributed by atoms with Gasteiger partial charge in [-0.1, -0.05) is 6.07 Å². The van der Waals surface area contributed by atoms with E-state index in [1.165, 1.54) is 0 Å². The summed E-state index contributed by atoms with van der Waals surface area (Å²) in [5.41, 5.74) is 1.75. The largest absolute Gasteiger partial charge is 0.488 e. The molecule has 1 fully saturated rings. The standard InChI is InChI=1S/C18H21N3O2/c1-20(2)15-5-3-4-14(12-15)18(22)21-11-8-17(13-21)23-16-6-9-19-10-7-16/h3-7,9-10,12,17H,8,11,13H2,1-2H3. The maximum atomic E-state index is 12.7. The normalized spacial score (nSPS) is 17.1. The molecule has 1 unspecified atom stereocenters. The molecule has 1 aliphatic rings. The number of carbonyl (C=O) groups excluding carboxylic acids is 1. The Balaban J connectivity index is 1.64. The number of hydrogen-bond acceptors (Lipinski definition) is 4. The average Bonchev–Trinajstić information content (AvgIpc) is 3.03. The van der Waals surface area contributed by atoms with Crippen molar-refractivity contribution in [3.05, 3.63) is 54.4 Å². The summed E-state index contributed by atoms with van der Waals surface area (Å²) in [5, 5.41) is 0. The summed E-state index contributed by atoms with van der Waals surface area (Å²) in [6.07, 6.45) is 4.31. The van der Waals surface area contributed by atoms with E-state index >= 15 is 0 Å². The fourth-order valence-corrected chi connectivity index (χ4v) is 2.72. The molecule has 5 nitrogen and oxygen atoms in total. The molecule has 3 rings (SSSR count). The summed E-state index contributed by atoms with van der Waals surface area (Å²) in [6.45, 7) is 1.34. The molecule has 0 spiro atoms. The van der Waals surface area contributed by atoms with Crippen molar-refractivity contribution in [1.82, 2.24) is 9.88 Å². The van der Waals surface area contributed by atoms with Crippen LogP contribution in [0.5, 0.6) is 5.75 Å². The molecule has 0 saturated carbocycles. The van der Waals surface area contributed by atoms with Gasteiger partial charge in [0.2, 0.25) is 0 Å². The molecule has 2 aromatic rings. The van der Waals surface area contributed by atoms with Crippen molar-refractivity contribution >= 4 is 11.6 Å². The van der Waals surface area contributed by atoms with E-state index in [4.69, 9.17) is 4.74 Å². The molecule has 1 aromatic heterocycles. The van der Waals surface area contributed by atoms with E-state index in [2.05, 4.69) is 4.98 Å². The summed E-state index contributed by atoms with van der Waals surface area (Å²) < 4.78 is 5.91. The Kier molecular flexibility index (Phi) is 4.46. The summed E-state index contributed by atoms with van der Waals surface area (Å²) in [5.74, 6) is 0.864. The second-order valence-corrected chi connectivity index (χ2v) is 5.91. The molecule has 1 aliphatic heterocycles. The van der Waals surface area contributed by atoms with Crippen molar-refractivity contribution in [3.63, 3.8) is 0 Å². The third-order valence-corrected chi connectivity index (χ3v) is 3.99. The van der Waals surface area contributed by atoms with Crippen LogP contribution in [0.1, 0.15) is 16.8 Å². The number of aromatic nitrogens is 1. The van der Waals surface area contributed by atoms with Gasteiger partial charge in [0.25, 0.3) is 5.91 Å². The Morgan fingerprint density at radius 1 is 1.26 bits per heavy atom. The molecule has 0 radical (unpaired) electrons. The van der Waals surface area contributed by atoms with E-state index < -0.39 is 0 Å². The lowest BCUT2D eigenvalue weighted by molar-refractivity contribution is 0.0772. The lowest BCUT2D eigenvalue weighted by Crippen LogP contribution is -2.31. The highest BCUT2D eigenvalue weighted by Crippen LogP contribution is 2.21. The topological polar surface area (TPSA) is 45.7 Å². The molecule has 1 amide bonds. The fraction of sp³-hybridized carbons (Fsp3) is 0.333. The van der Waals surface area contributed by atoms with Crippen LogP contribution in [0, 0.1) is 0 Å². The Labute approximate surface area is 136 Å². The van der Waals surface area contributed by atoms with Crippen LogP contribution in [0.3, 0.4) is 0 Å². The van der Waals surface area contributed by atoms with Gasteiger partial charge in [-0.3, -0.25) is 9.78 Å². The first-order valence-electron chi connectivity index (χ1n) is 7.77. The highest BCUT2D eigenvalue weighted by Gasteiger charge is 2.28. The van der Waals surface area contributed by atoms with Gasteiger partial charge in [-0.15, -0.1) is 0 Å². The average molecular weight is 311 g/mol. The van der Waals surface area contributed by atoms with Crippen molar-refractivity contribution in [2.45, 2.75) is 12.5 Å². The van der Waals surface area contributed by atoms with Gasteiger partial charge in [-0.2, -0.15) is 0 Å². The Bertz CT molecular complexity index is 673. The van der Waals surface area contributed by atoms with Crippen LogP contribution in [-0.2, 0) is 0 Å². The molecule has 0 bridgehead atoms. The lowest BCUT2D eigenvalue weighted by Gasteiger charge is -2.19. The van der Waals surface area contributed by atoms with Crippen LogP contribution >= 0.6 is 0 Å². The first-order valence-corrected chi connectivity index (χ1v) is 7.77. The SMILES string of the molecule is CN(C)c1cccc(C(=O)N2CCC(Oc3ccncc3)C2)c1. The van der Waals surface area contributed by atoms with Crippen LogP contribution in [0.4, 0.5) is 5.69 Å². The molecule has 5 heteroatoms. The zero-order valence-corrected chi connectivity index (χ0v) is 13.5. The van der Waals surface area contributed by atoms with Crippen molar-refractivity contribution in [1.29, 1.82) is 0 Å². The summed E-state index contributed by atoms with van der Waals surface area (Å²) in [6, 6.07) is 11.4. The van der Waals surface area contributed by atoms with Gasteiger partial charge < -0.3 is 14.5 Å². The van der Waals surface area contributed by atoms with Crippen molar-refractivity contribution in [2.75, 3.05) is 32.1 Å². The predicted molar refractivity (Wildman–Crippen MR) is 89.9 cm³/mol. The van der Waals surface area contributed by atoms with Gasteiger partial charge in [0, 0.05) is 50.7 Å². The minimum Gasteiger partial charge on any atom is -0.488 e. The summed E-state index contributed by atoms with van der Waals surface area (Å²) in [7, 11) is 3.94. The van der Waals surface area contributed by atoms with Gasteiger partial charge in [0.1, 0.15) is 11.9 Å². The maximum Gasteiger partial charge on any atom is 0.254 e. The first kappa shape index (κ1) is 15.3. The van der Waals surface area contributed by atoms with Crippen LogP contribution < -0.4 is 9.64 Å². The summed E-state index contributed by atoms with van der Waals surface area (Å²) >= 11 is 0. The molecule has 0 aliphatic carbocycles. The van der Waals surface area contributed by atoms with Gasteiger partial charge >= 0.3 is 0 Å². The molecule has 1 atom stereocenters. The number of nitrogens with zero attached hydrogens (tertiary/aromatic N) is 3. The van der Waals surface area contributed by atoms with E-state index in [0.717, 1.165) is 30.0 Å². The second-order valence-electron chi connectivity index (χ2n) is 5.91. The van der Waals surface area contributed by atoms with Crippen LogP contribution in [-0.4, -0.2) is 49.1 Å². The van der Waals surface area contributed by atoms with Crippen LogP contribution in [0.2, 0.25) is 0 Å². The third kappa shape index (κ3) is 3.62. The maximum absolute atomic E-state index is 12.7. The monoisotopic (exact) mass is 311 g/mol. The first-order chi connectivity index (χ1) is 11.1. The van der Waals surface area contributed by atoms with E-state index in [1.54, 1.807) is 12.4 Å². The van der Waals surface area contributed by atoms with Crippen LogP contribution in [0.25, 0.3) is 0 Å². The third-order valence-electron chi connectivity index (χ3n) is 3.99. The quantitative estimate of drug-likeness (QED) is 0.870. The van der Waals surface area contributed by atoms with Crippen molar-refractivity contribution < 1.29 is 9.53 Å². The predicted octanol–water partition coefficient (Wildman–Crippen LogP) is 2.44. The Morgan fingerprint density at radius 3 is 2.78 bits per heavy atom. The Morgan fingerprint density at radius 2 is 2.04 bits per heavy atom. The number of anilines is 1. The van der Waals surface area contributed by atoms with E-state index in [-0.39, 0.29) is 12.0 Å². The number of ether oxygens (including phenoxy) is 1. The number of hydrogen-bond donors (Lipinski definition) is 0. The molecular formula is C18H21N3O2. The number of pyridine rings is 1. The molecule has 120 valence electrons. The minimum absolute atomic E-state index is 0.0402. The zero-order valence-electron chi connectivity index (χ0n) is 13.5. The number of rotatable bonds is 4.